The second-order valence-electron chi connectivity index (χ2n) is 2.86. The van der Waals surface area contributed by atoms with Crippen LogP contribution in [0, 0.1) is 0 Å². The summed E-state index contributed by atoms with van der Waals surface area (Å²) in [5, 5.41) is 0.938. The normalized spacial score (nSPS) is 26.3. The molecule has 0 saturated carbocycles. The third-order valence-corrected chi connectivity index (χ3v) is 2.04. The number of nitrogens with zero attached hydrogens (tertiary/aromatic N) is 1. The van der Waals surface area contributed by atoms with Crippen molar-refractivity contribution in [1.82, 2.24) is 5.23 Å². The van der Waals surface area contributed by atoms with E-state index in [-0.39, 0.29) is 6.42 Å². The highest BCUT2D eigenvalue weighted by Gasteiger charge is 2.43. The first-order chi connectivity index (χ1) is 7.13. The Hall–Kier alpha value is -1.18. The third-order valence-electron chi connectivity index (χ3n) is 2.04. The molecule has 7 heteroatoms. The molecule has 1 heterocycles. The van der Waals surface area contributed by atoms with Crippen molar-refractivity contribution in [3.63, 3.8) is 0 Å². The highest BCUT2D eigenvalue weighted by molar-refractivity contribution is 5.80. The summed E-state index contributed by atoms with van der Waals surface area (Å²) in [5.41, 5.74) is 0. The van der Waals surface area contributed by atoms with Gasteiger partial charge in [0.25, 0.3) is 0 Å². The van der Waals surface area contributed by atoms with E-state index in [1.165, 1.54) is 21.3 Å². The van der Waals surface area contributed by atoms with Crippen molar-refractivity contribution in [3.05, 3.63) is 0 Å². The third kappa shape index (κ3) is 2.44. The summed E-state index contributed by atoms with van der Waals surface area (Å²) in [7, 11) is 3.82. The molecule has 7 nitrogen and oxygen atoms in total. The van der Waals surface area contributed by atoms with E-state index in [2.05, 4.69) is 9.47 Å². The minimum absolute atomic E-state index is 0.146. The molecule has 0 radical (unpaired) electrons. The van der Waals surface area contributed by atoms with Crippen LogP contribution in [0.4, 0.5) is 0 Å². The lowest BCUT2D eigenvalue weighted by atomic mass is 10.1. The van der Waals surface area contributed by atoms with Crippen LogP contribution in [0.15, 0.2) is 0 Å². The smallest absolute Gasteiger partial charge is 0.337 e. The predicted octanol–water partition coefficient (Wildman–Crippen LogP) is -0.732. The Morgan fingerprint density at radius 3 is 2.27 bits per heavy atom. The maximum absolute atomic E-state index is 11.3. The number of hydrogen-bond acceptors (Lipinski definition) is 7. The van der Waals surface area contributed by atoms with Crippen molar-refractivity contribution < 1.29 is 28.7 Å². The fourth-order valence-electron chi connectivity index (χ4n) is 1.29. The van der Waals surface area contributed by atoms with Crippen LogP contribution >= 0.6 is 0 Å². The van der Waals surface area contributed by atoms with Crippen LogP contribution in [0.1, 0.15) is 6.42 Å². The molecule has 1 rings (SSSR count). The van der Waals surface area contributed by atoms with Crippen molar-refractivity contribution in [2.75, 3.05) is 21.3 Å². The van der Waals surface area contributed by atoms with E-state index in [9.17, 15) is 9.59 Å². The van der Waals surface area contributed by atoms with Crippen molar-refractivity contribution in [2.24, 2.45) is 0 Å². The van der Waals surface area contributed by atoms with Gasteiger partial charge in [-0.2, -0.15) is 0 Å². The molecular weight excluding hydrogens is 206 g/mol. The Morgan fingerprint density at radius 2 is 1.80 bits per heavy atom. The maximum Gasteiger partial charge on any atom is 0.337 e. The summed E-state index contributed by atoms with van der Waals surface area (Å²) in [6, 6.07) is -0.746. The van der Waals surface area contributed by atoms with Crippen molar-refractivity contribution in [1.29, 1.82) is 0 Å². The van der Waals surface area contributed by atoms with Gasteiger partial charge in [0.05, 0.1) is 21.3 Å². The predicted molar refractivity (Wildman–Crippen MR) is 46.2 cm³/mol. The Morgan fingerprint density at radius 1 is 1.20 bits per heavy atom. The summed E-state index contributed by atoms with van der Waals surface area (Å²) in [5.74, 6) is -1.08. The average molecular weight is 219 g/mol. The van der Waals surface area contributed by atoms with E-state index < -0.39 is 24.1 Å². The van der Waals surface area contributed by atoms with Crippen molar-refractivity contribution >= 4 is 11.9 Å². The van der Waals surface area contributed by atoms with E-state index in [0.717, 1.165) is 5.23 Å². The molecule has 0 spiro atoms. The summed E-state index contributed by atoms with van der Waals surface area (Å²) in [4.78, 5) is 32.2. The SMILES string of the molecule is COC(=O)[C@@H]1C[C@H](C(=O)OC)N(OC)O1. The maximum atomic E-state index is 11.3. The zero-order valence-corrected chi connectivity index (χ0v) is 8.76. The molecule has 1 saturated heterocycles. The molecular formula is C8H13NO6. The fraction of sp³-hybridized carbons (Fsp3) is 0.750. The van der Waals surface area contributed by atoms with Gasteiger partial charge in [-0.25, -0.2) is 4.79 Å². The van der Waals surface area contributed by atoms with E-state index in [4.69, 9.17) is 9.68 Å². The average Bonchev–Trinajstić information content (AvgIpc) is 2.70. The van der Waals surface area contributed by atoms with Gasteiger partial charge in [0.1, 0.15) is 0 Å². The molecule has 1 fully saturated rings. The topological polar surface area (TPSA) is 74.3 Å². The van der Waals surface area contributed by atoms with Crippen LogP contribution in [0.25, 0.3) is 0 Å². The molecule has 0 aromatic carbocycles. The van der Waals surface area contributed by atoms with Gasteiger partial charge in [0.15, 0.2) is 12.1 Å². The number of methoxy groups -OCH3 is 2. The van der Waals surface area contributed by atoms with Crippen molar-refractivity contribution in [3.8, 4) is 0 Å². The second kappa shape index (κ2) is 5.06. The van der Waals surface area contributed by atoms with Gasteiger partial charge < -0.3 is 9.47 Å². The summed E-state index contributed by atoms with van der Waals surface area (Å²) in [6.07, 6.45) is -0.688. The summed E-state index contributed by atoms with van der Waals surface area (Å²) < 4.78 is 9.03. The van der Waals surface area contributed by atoms with Gasteiger partial charge in [-0.05, 0) is 0 Å². The number of esters is 2. The fourth-order valence-corrected chi connectivity index (χ4v) is 1.29. The molecule has 0 N–H and O–H groups in total. The minimum Gasteiger partial charge on any atom is -0.468 e. The summed E-state index contributed by atoms with van der Waals surface area (Å²) in [6.45, 7) is 0. The zero-order valence-electron chi connectivity index (χ0n) is 8.76. The molecule has 86 valence electrons. The van der Waals surface area contributed by atoms with Gasteiger partial charge in [0, 0.05) is 6.42 Å². The largest absolute Gasteiger partial charge is 0.468 e. The van der Waals surface area contributed by atoms with Crippen LogP contribution in [-0.4, -0.2) is 50.6 Å². The van der Waals surface area contributed by atoms with E-state index >= 15 is 0 Å². The number of carbonyl (C=O) groups is 2. The van der Waals surface area contributed by atoms with Crippen LogP contribution < -0.4 is 0 Å². The lowest BCUT2D eigenvalue weighted by molar-refractivity contribution is -0.351. The molecule has 0 aliphatic carbocycles. The van der Waals surface area contributed by atoms with Crippen LogP contribution in [0.5, 0.6) is 0 Å². The van der Waals surface area contributed by atoms with Crippen LogP contribution in [0.2, 0.25) is 0 Å². The van der Waals surface area contributed by atoms with Gasteiger partial charge >= 0.3 is 11.9 Å². The molecule has 1 aliphatic rings. The Kier molecular flexibility index (Phi) is 4.01. The Bertz CT molecular complexity index is 256. The number of hydroxylamine groups is 2. The quantitative estimate of drug-likeness (QED) is 0.579. The van der Waals surface area contributed by atoms with Gasteiger partial charge in [-0.1, -0.05) is 5.23 Å². The number of carbonyl (C=O) groups excluding carboxylic acids is 2. The molecule has 15 heavy (non-hydrogen) atoms. The standard InChI is InChI=1S/C8H13NO6/c1-12-7(10)5-4-6(8(11)13-2)15-9(5)14-3/h5-6H,4H2,1-3H3/t5-,6+/m1/s1. The van der Waals surface area contributed by atoms with Crippen LogP contribution in [-0.2, 0) is 28.7 Å². The number of rotatable bonds is 3. The Labute approximate surface area is 86.7 Å². The first kappa shape index (κ1) is 11.9. The number of hydrogen-bond donors (Lipinski definition) is 0. The van der Waals surface area contributed by atoms with Crippen molar-refractivity contribution in [2.45, 2.75) is 18.6 Å². The number of ether oxygens (including phenoxy) is 2. The molecule has 0 bridgehead atoms. The molecule has 2 atom stereocenters. The zero-order chi connectivity index (χ0) is 11.4. The lowest BCUT2D eigenvalue weighted by Crippen LogP contribution is -2.35. The molecule has 0 amide bonds. The lowest BCUT2D eigenvalue weighted by Gasteiger charge is -2.16. The van der Waals surface area contributed by atoms with Gasteiger partial charge in [0.2, 0.25) is 0 Å². The highest BCUT2D eigenvalue weighted by Crippen LogP contribution is 2.22. The van der Waals surface area contributed by atoms with Gasteiger partial charge in [-0.3, -0.25) is 14.5 Å². The first-order valence-corrected chi connectivity index (χ1v) is 4.29. The second-order valence-corrected chi connectivity index (χ2v) is 2.86. The van der Waals surface area contributed by atoms with Crippen LogP contribution in [0.3, 0.4) is 0 Å². The molecule has 0 aromatic heterocycles. The minimum atomic E-state index is -0.834. The summed E-state index contributed by atoms with van der Waals surface area (Å²) >= 11 is 0. The first-order valence-electron chi connectivity index (χ1n) is 4.29. The molecule has 0 unspecified atom stereocenters. The van der Waals surface area contributed by atoms with E-state index in [0.29, 0.717) is 0 Å². The van der Waals surface area contributed by atoms with Gasteiger partial charge in [-0.15, -0.1) is 0 Å². The van der Waals surface area contributed by atoms with E-state index in [1.807, 2.05) is 0 Å². The Balaban J connectivity index is 2.66. The molecule has 1 aliphatic heterocycles. The molecule has 0 aromatic rings. The highest BCUT2D eigenvalue weighted by atomic mass is 17.0. The van der Waals surface area contributed by atoms with E-state index in [1.54, 1.807) is 0 Å². The monoisotopic (exact) mass is 219 g/mol.